The van der Waals surface area contributed by atoms with E-state index in [9.17, 15) is 18.0 Å². The average Bonchev–Trinajstić information content (AvgIpc) is 2.36. The Balaban J connectivity index is 2.66. The molecule has 0 aromatic heterocycles. The highest BCUT2D eigenvalue weighted by molar-refractivity contribution is 5.79. The first-order valence-corrected chi connectivity index (χ1v) is 6.18. The van der Waals surface area contributed by atoms with Crippen molar-refractivity contribution in [1.29, 1.82) is 0 Å². The van der Waals surface area contributed by atoms with Crippen molar-refractivity contribution in [2.45, 2.75) is 19.7 Å². The summed E-state index contributed by atoms with van der Waals surface area (Å²) in [6.45, 7) is 2.48. The second-order valence-corrected chi connectivity index (χ2v) is 4.22. The number of ether oxygens (including phenoxy) is 1. The number of halogens is 3. The smallest absolute Gasteiger partial charge is 0.406 e. The van der Waals surface area contributed by atoms with Crippen molar-refractivity contribution in [3.63, 3.8) is 0 Å². The number of rotatable bonds is 6. The standard InChI is InChI=1S/C13H17F3N2O2/c1-2-18-12(19)10(8-17)7-9-3-5-11(6-4-9)20-13(14,15)16/h3-6,10H,2,7-8,17H2,1H3,(H,18,19). The number of nitrogens with one attached hydrogen (secondary N) is 1. The van der Waals surface area contributed by atoms with Crippen molar-refractivity contribution in [3.8, 4) is 5.75 Å². The van der Waals surface area contributed by atoms with Crippen molar-refractivity contribution < 1.29 is 22.7 Å². The highest BCUT2D eigenvalue weighted by atomic mass is 19.4. The topological polar surface area (TPSA) is 64.4 Å². The number of hydrogen-bond acceptors (Lipinski definition) is 3. The van der Waals surface area contributed by atoms with Gasteiger partial charge in [0.25, 0.3) is 0 Å². The first kappa shape index (κ1) is 16.3. The molecule has 0 fully saturated rings. The van der Waals surface area contributed by atoms with Gasteiger partial charge >= 0.3 is 6.36 Å². The summed E-state index contributed by atoms with van der Waals surface area (Å²) >= 11 is 0. The van der Waals surface area contributed by atoms with Gasteiger partial charge in [0.05, 0.1) is 5.92 Å². The lowest BCUT2D eigenvalue weighted by Crippen LogP contribution is -2.36. The van der Waals surface area contributed by atoms with E-state index in [2.05, 4.69) is 10.1 Å². The first-order valence-electron chi connectivity index (χ1n) is 6.18. The summed E-state index contributed by atoms with van der Waals surface area (Å²) in [5.74, 6) is -0.849. The average molecular weight is 290 g/mol. The van der Waals surface area contributed by atoms with Gasteiger partial charge in [-0.2, -0.15) is 0 Å². The monoisotopic (exact) mass is 290 g/mol. The van der Waals surface area contributed by atoms with E-state index in [1.807, 2.05) is 0 Å². The number of carbonyl (C=O) groups is 1. The Bertz CT molecular complexity index is 432. The number of amides is 1. The van der Waals surface area contributed by atoms with E-state index in [4.69, 9.17) is 5.73 Å². The van der Waals surface area contributed by atoms with Crippen LogP contribution in [0.25, 0.3) is 0 Å². The molecule has 0 aliphatic heterocycles. The highest BCUT2D eigenvalue weighted by Gasteiger charge is 2.31. The largest absolute Gasteiger partial charge is 0.573 e. The fraction of sp³-hybridized carbons (Fsp3) is 0.462. The van der Waals surface area contributed by atoms with Crippen LogP contribution in [0.3, 0.4) is 0 Å². The van der Waals surface area contributed by atoms with Gasteiger partial charge < -0.3 is 15.8 Å². The number of hydrogen-bond donors (Lipinski definition) is 2. The van der Waals surface area contributed by atoms with Crippen LogP contribution in [0.15, 0.2) is 24.3 Å². The Morgan fingerprint density at radius 1 is 1.35 bits per heavy atom. The summed E-state index contributed by atoms with van der Waals surface area (Å²) in [4.78, 5) is 11.7. The zero-order valence-electron chi connectivity index (χ0n) is 11.0. The van der Waals surface area contributed by atoms with Gasteiger partial charge in [0.15, 0.2) is 0 Å². The van der Waals surface area contributed by atoms with Gasteiger partial charge in [0, 0.05) is 13.1 Å². The minimum absolute atomic E-state index is 0.161. The molecule has 1 rings (SSSR count). The number of alkyl halides is 3. The van der Waals surface area contributed by atoms with E-state index in [0.717, 1.165) is 5.56 Å². The van der Waals surface area contributed by atoms with Crippen LogP contribution < -0.4 is 15.8 Å². The van der Waals surface area contributed by atoms with Crippen molar-refractivity contribution in [2.75, 3.05) is 13.1 Å². The quantitative estimate of drug-likeness (QED) is 0.840. The second kappa shape index (κ2) is 7.14. The number of nitrogens with two attached hydrogens (primary N) is 1. The predicted molar refractivity (Wildman–Crippen MR) is 68.1 cm³/mol. The third-order valence-corrected chi connectivity index (χ3v) is 2.65. The minimum atomic E-state index is -4.71. The van der Waals surface area contributed by atoms with E-state index >= 15 is 0 Å². The van der Waals surface area contributed by atoms with Crippen molar-refractivity contribution >= 4 is 5.91 Å². The molecule has 0 radical (unpaired) electrons. The van der Waals surface area contributed by atoms with Crippen LogP contribution in [0.1, 0.15) is 12.5 Å². The van der Waals surface area contributed by atoms with Gasteiger partial charge in [0.1, 0.15) is 5.75 Å². The predicted octanol–water partition coefficient (Wildman–Crippen LogP) is 1.84. The Morgan fingerprint density at radius 2 is 1.95 bits per heavy atom. The molecule has 1 aromatic rings. The van der Waals surface area contributed by atoms with Gasteiger partial charge in [0.2, 0.25) is 5.91 Å². The molecule has 0 aliphatic carbocycles. The Labute approximate surface area is 115 Å². The molecule has 0 aliphatic rings. The van der Waals surface area contributed by atoms with Crippen molar-refractivity contribution in [1.82, 2.24) is 5.32 Å². The second-order valence-electron chi connectivity index (χ2n) is 4.22. The van der Waals surface area contributed by atoms with Crippen LogP contribution in [0, 0.1) is 5.92 Å². The van der Waals surface area contributed by atoms with Gasteiger partial charge in [-0.1, -0.05) is 12.1 Å². The summed E-state index contributed by atoms with van der Waals surface area (Å²) in [5.41, 5.74) is 6.25. The molecule has 112 valence electrons. The first-order chi connectivity index (χ1) is 9.35. The van der Waals surface area contributed by atoms with Crippen LogP contribution in [-0.4, -0.2) is 25.4 Å². The number of carbonyl (C=O) groups excluding carboxylic acids is 1. The Kier molecular flexibility index (Phi) is 5.82. The van der Waals surface area contributed by atoms with E-state index < -0.39 is 12.3 Å². The fourth-order valence-corrected chi connectivity index (χ4v) is 1.71. The van der Waals surface area contributed by atoms with Crippen LogP contribution in [0.5, 0.6) is 5.75 Å². The van der Waals surface area contributed by atoms with Crippen LogP contribution in [0.2, 0.25) is 0 Å². The molecule has 0 bridgehead atoms. The molecule has 3 N–H and O–H groups in total. The molecule has 7 heteroatoms. The lowest BCUT2D eigenvalue weighted by atomic mass is 9.98. The van der Waals surface area contributed by atoms with Crippen LogP contribution in [-0.2, 0) is 11.2 Å². The molecular weight excluding hydrogens is 273 g/mol. The molecular formula is C13H17F3N2O2. The van der Waals surface area contributed by atoms with Crippen molar-refractivity contribution in [3.05, 3.63) is 29.8 Å². The van der Waals surface area contributed by atoms with Crippen LogP contribution >= 0.6 is 0 Å². The molecule has 1 atom stereocenters. The molecule has 1 unspecified atom stereocenters. The van der Waals surface area contributed by atoms with E-state index in [1.54, 1.807) is 6.92 Å². The van der Waals surface area contributed by atoms with Gasteiger partial charge in [-0.15, -0.1) is 13.2 Å². The molecule has 20 heavy (non-hydrogen) atoms. The van der Waals surface area contributed by atoms with E-state index in [1.165, 1.54) is 24.3 Å². The van der Waals surface area contributed by atoms with Gasteiger partial charge in [-0.05, 0) is 31.0 Å². The molecule has 4 nitrogen and oxygen atoms in total. The highest BCUT2D eigenvalue weighted by Crippen LogP contribution is 2.23. The fourth-order valence-electron chi connectivity index (χ4n) is 1.71. The maximum Gasteiger partial charge on any atom is 0.573 e. The maximum atomic E-state index is 12.0. The Hall–Kier alpha value is -1.76. The summed E-state index contributed by atoms with van der Waals surface area (Å²) in [6.07, 6.45) is -4.34. The van der Waals surface area contributed by atoms with Gasteiger partial charge in [-0.25, -0.2) is 0 Å². The van der Waals surface area contributed by atoms with Crippen molar-refractivity contribution in [2.24, 2.45) is 11.7 Å². The van der Waals surface area contributed by atoms with E-state index in [0.29, 0.717) is 13.0 Å². The minimum Gasteiger partial charge on any atom is -0.406 e. The molecule has 0 saturated carbocycles. The lowest BCUT2D eigenvalue weighted by Gasteiger charge is -2.14. The summed E-state index contributed by atoms with van der Waals surface area (Å²) in [5, 5.41) is 2.67. The molecule has 1 amide bonds. The normalized spacial score (nSPS) is 12.8. The summed E-state index contributed by atoms with van der Waals surface area (Å²) in [7, 11) is 0. The number of benzene rings is 1. The third-order valence-electron chi connectivity index (χ3n) is 2.65. The third kappa shape index (κ3) is 5.48. The van der Waals surface area contributed by atoms with Gasteiger partial charge in [-0.3, -0.25) is 4.79 Å². The molecule has 0 saturated heterocycles. The molecule has 0 spiro atoms. The summed E-state index contributed by atoms with van der Waals surface area (Å²) < 4.78 is 39.8. The zero-order chi connectivity index (χ0) is 15.2. The zero-order valence-corrected chi connectivity index (χ0v) is 11.0. The SMILES string of the molecule is CCNC(=O)C(CN)Cc1ccc(OC(F)(F)F)cc1. The van der Waals surface area contributed by atoms with E-state index in [-0.39, 0.29) is 18.2 Å². The lowest BCUT2D eigenvalue weighted by molar-refractivity contribution is -0.274. The maximum absolute atomic E-state index is 12.0. The molecule has 0 heterocycles. The summed E-state index contributed by atoms with van der Waals surface area (Å²) in [6, 6.07) is 5.41. The van der Waals surface area contributed by atoms with Crippen LogP contribution in [0.4, 0.5) is 13.2 Å². The Morgan fingerprint density at radius 3 is 2.40 bits per heavy atom. The molecule has 1 aromatic carbocycles.